The van der Waals surface area contributed by atoms with Crippen LogP contribution >= 0.6 is 0 Å². The van der Waals surface area contributed by atoms with Gasteiger partial charge in [-0.3, -0.25) is 0 Å². The van der Waals surface area contributed by atoms with Crippen LogP contribution in [0, 0.1) is 11.8 Å². The van der Waals surface area contributed by atoms with Gasteiger partial charge in [-0.15, -0.1) is 0 Å². The third kappa shape index (κ3) is 6.85. The molecule has 1 unspecified atom stereocenters. The van der Waals surface area contributed by atoms with Crippen molar-refractivity contribution in [3.8, 4) is 0 Å². The number of rotatable bonds is 6. The number of likely N-dealkylation sites (N-methyl/N-ethyl adjacent to an activating group) is 1. The molecule has 1 atom stereocenters. The second-order valence-electron chi connectivity index (χ2n) is 6.09. The third-order valence-corrected chi connectivity index (χ3v) is 3.43. The van der Waals surface area contributed by atoms with Crippen molar-refractivity contribution in [2.24, 2.45) is 11.8 Å². The number of hydrogen-bond donors (Lipinski definition) is 1. The van der Waals surface area contributed by atoms with E-state index in [9.17, 15) is 0 Å². The molecule has 1 saturated heterocycles. The monoisotopic (exact) mass is 238 g/mol. The van der Waals surface area contributed by atoms with Gasteiger partial charge in [0.15, 0.2) is 0 Å². The summed E-state index contributed by atoms with van der Waals surface area (Å²) in [4.78, 5) is 2.48. The quantitative estimate of drug-likeness (QED) is 0.716. The highest BCUT2D eigenvalue weighted by Crippen LogP contribution is 2.12. The molecule has 1 aliphatic rings. The lowest BCUT2D eigenvalue weighted by molar-refractivity contribution is 0.256. The first kappa shape index (κ1) is 14.7. The van der Waals surface area contributed by atoms with Crippen molar-refractivity contribution in [3.63, 3.8) is 0 Å². The number of allylic oxidation sites excluding steroid dienone is 1. The Bertz CT molecular complexity index is 227. The summed E-state index contributed by atoms with van der Waals surface area (Å²) in [5, 5.41) is 3.49. The Morgan fingerprint density at radius 3 is 2.82 bits per heavy atom. The summed E-state index contributed by atoms with van der Waals surface area (Å²) < 4.78 is 0. The van der Waals surface area contributed by atoms with Crippen molar-refractivity contribution in [2.75, 3.05) is 33.2 Å². The molecule has 0 aliphatic carbocycles. The first-order chi connectivity index (χ1) is 8.08. The molecule has 0 amide bonds. The predicted octanol–water partition coefficient (Wildman–Crippen LogP) is 2.91. The Kier molecular flexibility index (Phi) is 6.83. The lowest BCUT2D eigenvalue weighted by Crippen LogP contribution is -2.37. The number of piperidine rings is 1. The average molecular weight is 238 g/mol. The molecule has 1 rings (SSSR count). The van der Waals surface area contributed by atoms with Crippen molar-refractivity contribution in [2.45, 2.75) is 40.0 Å². The smallest absolute Gasteiger partial charge is 0.0187 e. The van der Waals surface area contributed by atoms with E-state index in [2.05, 4.69) is 44.1 Å². The molecule has 17 heavy (non-hydrogen) atoms. The van der Waals surface area contributed by atoms with Gasteiger partial charge in [0.2, 0.25) is 0 Å². The van der Waals surface area contributed by atoms with Crippen LogP contribution in [0.5, 0.6) is 0 Å². The molecular weight excluding hydrogens is 208 g/mol. The largest absolute Gasteiger partial charge is 0.316 e. The summed E-state index contributed by atoms with van der Waals surface area (Å²) in [7, 11) is 2.25. The van der Waals surface area contributed by atoms with Crippen molar-refractivity contribution >= 4 is 0 Å². The normalized spacial score (nSPS) is 22.5. The zero-order chi connectivity index (χ0) is 12.7. The van der Waals surface area contributed by atoms with Crippen molar-refractivity contribution in [1.29, 1.82) is 0 Å². The Labute approximate surface area is 107 Å². The van der Waals surface area contributed by atoms with Gasteiger partial charge in [0.05, 0.1) is 0 Å². The highest BCUT2D eigenvalue weighted by atomic mass is 15.1. The Morgan fingerprint density at radius 1 is 1.47 bits per heavy atom. The predicted molar refractivity (Wildman–Crippen MR) is 76.3 cm³/mol. The minimum atomic E-state index is 0.776. The van der Waals surface area contributed by atoms with Gasteiger partial charge in [-0.05, 0) is 58.2 Å². The van der Waals surface area contributed by atoms with Crippen LogP contribution in [0.1, 0.15) is 40.0 Å². The van der Waals surface area contributed by atoms with E-state index >= 15 is 0 Å². The second-order valence-corrected chi connectivity index (χ2v) is 6.09. The van der Waals surface area contributed by atoms with Gasteiger partial charge < -0.3 is 10.2 Å². The summed E-state index contributed by atoms with van der Waals surface area (Å²) in [6.45, 7) is 11.6. The van der Waals surface area contributed by atoms with Crippen LogP contribution < -0.4 is 5.32 Å². The molecule has 2 nitrogen and oxygen atoms in total. The number of hydrogen-bond acceptors (Lipinski definition) is 2. The van der Waals surface area contributed by atoms with E-state index in [0.717, 1.165) is 18.4 Å². The fourth-order valence-corrected chi connectivity index (χ4v) is 2.51. The van der Waals surface area contributed by atoms with Gasteiger partial charge in [0.25, 0.3) is 0 Å². The van der Waals surface area contributed by atoms with Gasteiger partial charge >= 0.3 is 0 Å². The highest BCUT2D eigenvalue weighted by Gasteiger charge is 2.14. The van der Waals surface area contributed by atoms with E-state index in [0.29, 0.717) is 0 Å². The van der Waals surface area contributed by atoms with E-state index < -0.39 is 0 Å². The summed E-state index contributed by atoms with van der Waals surface area (Å²) in [6.07, 6.45) is 6.36. The zero-order valence-electron chi connectivity index (χ0n) is 12.1. The van der Waals surface area contributed by atoms with Crippen molar-refractivity contribution < 1.29 is 0 Å². The highest BCUT2D eigenvalue weighted by molar-refractivity contribution is 5.00. The molecule has 0 bridgehead atoms. The first-order valence-electron chi connectivity index (χ1n) is 7.12. The lowest BCUT2D eigenvalue weighted by atomic mass is 9.99. The molecule has 0 saturated carbocycles. The summed E-state index contributed by atoms with van der Waals surface area (Å²) in [5.74, 6) is 1.63. The molecule has 0 aromatic carbocycles. The molecule has 100 valence electrons. The average Bonchev–Trinajstić information content (AvgIpc) is 2.27. The topological polar surface area (TPSA) is 15.3 Å². The Hall–Kier alpha value is -0.340. The zero-order valence-corrected chi connectivity index (χ0v) is 12.1. The van der Waals surface area contributed by atoms with Gasteiger partial charge in [-0.25, -0.2) is 0 Å². The van der Waals surface area contributed by atoms with E-state index in [1.807, 2.05) is 0 Å². The minimum Gasteiger partial charge on any atom is -0.316 e. The fraction of sp³-hybridized carbons (Fsp3) is 0.867. The van der Waals surface area contributed by atoms with Crippen LogP contribution in [0.25, 0.3) is 0 Å². The van der Waals surface area contributed by atoms with Gasteiger partial charge in [0, 0.05) is 13.1 Å². The molecular formula is C15H30N2. The number of nitrogens with one attached hydrogen (secondary N) is 1. The van der Waals surface area contributed by atoms with E-state index in [4.69, 9.17) is 0 Å². The maximum atomic E-state index is 3.49. The van der Waals surface area contributed by atoms with Gasteiger partial charge in [-0.2, -0.15) is 0 Å². The molecule has 0 aromatic heterocycles. The molecule has 1 N–H and O–H groups in total. The van der Waals surface area contributed by atoms with Crippen LogP contribution in [0.3, 0.4) is 0 Å². The second kappa shape index (κ2) is 7.88. The van der Waals surface area contributed by atoms with E-state index in [1.54, 1.807) is 0 Å². The number of nitrogens with zero attached hydrogens (tertiary/aromatic N) is 1. The van der Waals surface area contributed by atoms with E-state index in [1.165, 1.54) is 44.5 Å². The standard InChI is InChI=1S/C15H30N2/c1-13(2)7-8-14(3)11-17(4)12-15-6-5-9-16-10-15/h8,13,15-16H,5-7,9-12H2,1-4H3/b14-8+. The van der Waals surface area contributed by atoms with Gasteiger partial charge in [0.1, 0.15) is 0 Å². The maximum absolute atomic E-state index is 3.49. The van der Waals surface area contributed by atoms with Gasteiger partial charge in [-0.1, -0.05) is 25.5 Å². The molecule has 0 spiro atoms. The third-order valence-electron chi connectivity index (χ3n) is 3.43. The summed E-state index contributed by atoms with van der Waals surface area (Å²) in [6, 6.07) is 0. The Morgan fingerprint density at radius 2 is 2.24 bits per heavy atom. The molecule has 1 aliphatic heterocycles. The van der Waals surface area contributed by atoms with Crippen LogP contribution in [-0.2, 0) is 0 Å². The fourth-order valence-electron chi connectivity index (χ4n) is 2.51. The Balaban J connectivity index is 2.23. The summed E-state index contributed by atoms with van der Waals surface area (Å²) >= 11 is 0. The molecule has 0 radical (unpaired) electrons. The van der Waals surface area contributed by atoms with Crippen LogP contribution in [0.2, 0.25) is 0 Å². The lowest BCUT2D eigenvalue weighted by Gasteiger charge is -2.27. The van der Waals surface area contributed by atoms with Crippen molar-refractivity contribution in [1.82, 2.24) is 10.2 Å². The van der Waals surface area contributed by atoms with Crippen LogP contribution in [0.15, 0.2) is 11.6 Å². The molecule has 1 heterocycles. The van der Waals surface area contributed by atoms with Crippen LogP contribution in [0.4, 0.5) is 0 Å². The van der Waals surface area contributed by atoms with E-state index in [-0.39, 0.29) is 0 Å². The first-order valence-corrected chi connectivity index (χ1v) is 7.12. The van der Waals surface area contributed by atoms with Crippen LogP contribution in [-0.4, -0.2) is 38.1 Å². The minimum absolute atomic E-state index is 0.776. The maximum Gasteiger partial charge on any atom is 0.0187 e. The SMILES string of the molecule is C/C(=C\CC(C)C)CN(C)CC1CCCNC1. The molecule has 0 aromatic rings. The molecule has 1 fully saturated rings. The molecule has 2 heteroatoms. The van der Waals surface area contributed by atoms with Crippen molar-refractivity contribution in [3.05, 3.63) is 11.6 Å². The summed E-state index contributed by atoms with van der Waals surface area (Å²) in [5.41, 5.74) is 1.52.